The van der Waals surface area contributed by atoms with Gasteiger partial charge >= 0.3 is 6.03 Å². The molecule has 150 valence electrons. The quantitative estimate of drug-likeness (QED) is 0.507. The van der Waals surface area contributed by atoms with E-state index in [0.29, 0.717) is 28.2 Å². The Hall–Kier alpha value is -3.03. The highest BCUT2D eigenvalue weighted by Gasteiger charge is 2.20. The number of amides is 2. The molecule has 0 fully saturated rings. The number of urea groups is 1. The van der Waals surface area contributed by atoms with E-state index in [4.69, 9.17) is 11.6 Å². The summed E-state index contributed by atoms with van der Waals surface area (Å²) in [5.74, 6) is 0. The number of nitrogens with one attached hydrogen (secondary N) is 3. The molecule has 0 aliphatic heterocycles. The van der Waals surface area contributed by atoms with Gasteiger partial charge in [0.25, 0.3) is 10.0 Å². The van der Waals surface area contributed by atoms with Gasteiger partial charge in [-0.15, -0.1) is 0 Å². The SMILES string of the molecule is Cc1ccc(NC(=O)Nc2ccccc2)cc1NS(=O)(=O)c1cccc(C)c1Cl. The molecule has 2 amide bonds. The van der Waals surface area contributed by atoms with E-state index in [-0.39, 0.29) is 9.92 Å². The Kier molecular flexibility index (Phi) is 6.10. The number of hydrogen-bond donors (Lipinski definition) is 3. The fourth-order valence-corrected chi connectivity index (χ4v) is 4.36. The average Bonchev–Trinajstić information content (AvgIpc) is 2.67. The minimum Gasteiger partial charge on any atom is -0.308 e. The van der Waals surface area contributed by atoms with Crippen LogP contribution >= 0.6 is 11.6 Å². The predicted molar refractivity (Wildman–Crippen MR) is 117 cm³/mol. The highest BCUT2D eigenvalue weighted by Crippen LogP contribution is 2.28. The Morgan fingerprint density at radius 1 is 0.828 bits per heavy atom. The molecular weight excluding hydrogens is 410 g/mol. The van der Waals surface area contributed by atoms with E-state index in [2.05, 4.69) is 15.4 Å². The lowest BCUT2D eigenvalue weighted by Gasteiger charge is -2.14. The Labute approximate surface area is 175 Å². The molecule has 0 saturated carbocycles. The van der Waals surface area contributed by atoms with Gasteiger partial charge in [-0.1, -0.05) is 48.0 Å². The third-order valence-electron chi connectivity index (χ3n) is 4.22. The summed E-state index contributed by atoms with van der Waals surface area (Å²) in [6, 6.07) is 18.3. The van der Waals surface area contributed by atoms with Crippen molar-refractivity contribution >= 4 is 44.7 Å². The number of hydrogen-bond acceptors (Lipinski definition) is 3. The van der Waals surface area contributed by atoms with Gasteiger partial charge in [-0.2, -0.15) is 0 Å². The van der Waals surface area contributed by atoms with E-state index in [1.165, 1.54) is 6.07 Å². The van der Waals surface area contributed by atoms with Gasteiger partial charge in [0.1, 0.15) is 4.90 Å². The van der Waals surface area contributed by atoms with E-state index < -0.39 is 16.1 Å². The van der Waals surface area contributed by atoms with Crippen LogP contribution in [-0.2, 0) is 10.0 Å². The van der Waals surface area contributed by atoms with Crippen molar-refractivity contribution < 1.29 is 13.2 Å². The lowest BCUT2D eigenvalue weighted by molar-refractivity contribution is 0.262. The van der Waals surface area contributed by atoms with Crippen LogP contribution in [0.1, 0.15) is 11.1 Å². The number of halogens is 1. The Morgan fingerprint density at radius 3 is 2.24 bits per heavy atom. The van der Waals surface area contributed by atoms with Crippen LogP contribution < -0.4 is 15.4 Å². The van der Waals surface area contributed by atoms with Crippen molar-refractivity contribution in [3.05, 3.63) is 82.9 Å². The molecule has 29 heavy (non-hydrogen) atoms. The summed E-state index contributed by atoms with van der Waals surface area (Å²) in [6.07, 6.45) is 0. The summed E-state index contributed by atoms with van der Waals surface area (Å²) in [5.41, 5.74) is 2.80. The van der Waals surface area contributed by atoms with Gasteiger partial charge in [0.05, 0.1) is 10.7 Å². The standard InChI is InChI=1S/C21H20ClN3O3S/c1-14-11-12-17(24-21(26)23-16-8-4-3-5-9-16)13-18(14)25-29(27,28)19-10-6-7-15(2)20(19)22/h3-13,25H,1-2H3,(H2,23,24,26). The molecule has 0 aliphatic carbocycles. The first-order chi connectivity index (χ1) is 13.8. The molecule has 3 rings (SSSR count). The molecule has 0 heterocycles. The van der Waals surface area contributed by atoms with Crippen LogP contribution in [0.15, 0.2) is 71.6 Å². The number of sulfonamides is 1. The number of anilines is 3. The topological polar surface area (TPSA) is 87.3 Å². The molecule has 0 atom stereocenters. The molecule has 3 aromatic rings. The number of aryl methyl sites for hydroxylation is 2. The van der Waals surface area contributed by atoms with Crippen LogP contribution in [0.3, 0.4) is 0 Å². The molecule has 0 bridgehead atoms. The number of para-hydroxylation sites is 1. The van der Waals surface area contributed by atoms with Gasteiger partial charge in [-0.3, -0.25) is 4.72 Å². The first-order valence-corrected chi connectivity index (χ1v) is 10.6. The van der Waals surface area contributed by atoms with Crippen LogP contribution in [0, 0.1) is 13.8 Å². The first-order valence-electron chi connectivity index (χ1n) is 8.78. The van der Waals surface area contributed by atoms with Gasteiger partial charge in [-0.25, -0.2) is 13.2 Å². The minimum atomic E-state index is -3.89. The summed E-state index contributed by atoms with van der Waals surface area (Å²) < 4.78 is 28.2. The van der Waals surface area contributed by atoms with Crippen LogP contribution in [0.5, 0.6) is 0 Å². The molecule has 0 spiro atoms. The molecular formula is C21H20ClN3O3S. The van der Waals surface area contributed by atoms with E-state index in [1.54, 1.807) is 56.3 Å². The molecule has 0 aromatic heterocycles. The van der Waals surface area contributed by atoms with E-state index in [1.807, 2.05) is 18.2 Å². The van der Waals surface area contributed by atoms with Crippen molar-refractivity contribution in [3.8, 4) is 0 Å². The number of benzene rings is 3. The van der Waals surface area contributed by atoms with Gasteiger partial charge < -0.3 is 10.6 Å². The second-order valence-corrected chi connectivity index (χ2v) is 8.50. The van der Waals surface area contributed by atoms with Crippen molar-refractivity contribution in [3.63, 3.8) is 0 Å². The molecule has 0 saturated heterocycles. The zero-order chi connectivity index (χ0) is 21.0. The molecule has 0 unspecified atom stereocenters. The molecule has 0 aliphatic rings. The van der Waals surface area contributed by atoms with Gasteiger partial charge in [0.2, 0.25) is 0 Å². The van der Waals surface area contributed by atoms with Crippen molar-refractivity contribution in [1.29, 1.82) is 0 Å². The van der Waals surface area contributed by atoms with Crippen LogP contribution in [0.2, 0.25) is 5.02 Å². The van der Waals surface area contributed by atoms with Gasteiger partial charge in [-0.05, 0) is 55.3 Å². The summed E-state index contributed by atoms with van der Waals surface area (Å²) in [6.45, 7) is 3.51. The number of carbonyl (C=O) groups is 1. The molecule has 0 radical (unpaired) electrons. The normalized spacial score (nSPS) is 11.0. The predicted octanol–water partition coefficient (Wildman–Crippen LogP) is 5.40. The highest BCUT2D eigenvalue weighted by molar-refractivity contribution is 7.92. The van der Waals surface area contributed by atoms with Crippen LogP contribution in [0.25, 0.3) is 0 Å². The maximum absolute atomic E-state index is 12.8. The lowest BCUT2D eigenvalue weighted by atomic mass is 10.2. The van der Waals surface area contributed by atoms with Crippen LogP contribution in [-0.4, -0.2) is 14.4 Å². The van der Waals surface area contributed by atoms with Gasteiger partial charge in [0, 0.05) is 11.4 Å². The fraction of sp³-hybridized carbons (Fsp3) is 0.0952. The minimum absolute atomic E-state index is 0.00116. The number of rotatable bonds is 5. The van der Waals surface area contributed by atoms with Crippen molar-refractivity contribution in [2.45, 2.75) is 18.7 Å². The maximum atomic E-state index is 12.8. The van der Waals surface area contributed by atoms with E-state index in [9.17, 15) is 13.2 Å². The van der Waals surface area contributed by atoms with Crippen molar-refractivity contribution in [1.82, 2.24) is 0 Å². The summed E-state index contributed by atoms with van der Waals surface area (Å²) in [7, 11) is -3.89. The summed E-state index contributed by atoms with van der Waals surface area (Å²) >= 11 is 6.18. The smallest absolute Gasteiger partial charge is 0.308 e. The summed E-state index contributed by atoms with van der Waals surface area (Å²) in [4.78, 5) is 12.2. The van der Waals surface area contributed by atoms with Gasteiger partial charge in [0.15, 0.2) is 0 Å². The Morgan fingerprint density at radius 2 is 1.52 bits per heavy atom. The zero-order valence-electron chi connectivity index (χ0n) is 15.9. The first kappa shape index (κ1) is 20.7. The molecule has 8 heteroatoms. The molecule has 6 nitrogen and oxygen atoms in total. The maximum Gasteiger partial charge on any atom is 0.323 e. The Balaban J connectivity index is 1.80. The fourth-order valence-electron chi connectivity index (χ4n) is 2.65. The van der Waals surface area contributed by atoms with Crippen molar-refractivity contribution in [2.75, 3.05) is 15.4 Å². The third-order valence-corrected chi connectivity index (χ3v) is 6.24. The van der Waals surface area contributed by atoms with E-state index >= 15 is 0 Å². The van der Waals surface area contributed by atoms with E-state index in [0.717, 1.165) is 0 Å². The van der Waals surface area contributed by atoms with Crippen LogP contribution in [0.4, 0.5) is 21.9 Å². The summed E-state index contributed by atoms with van der Waals surface area (Å²) in [5, 5.41) is 5.57. The van der Waals surface area contributed by atoms with Crippen molar-refractivity contribution in [2.24, 2.45) is 0 Å². The zero-order valence-corrected chi connectivity index (χ0v) is 17.4. The molecule has 3 aromatic carbocycles. The second-order valence-electron chi connectivity index (χ2n) is 6.47. The highest BCUT2D eigenvalue weighted by atomic mass is 35.5. The molecule has 3 N–H and O–H groups in total. The number of carbonyl (C=O) groups excluding carboxylic acids is 1. The Bertz CT molecular complexity index is 1150. The average molecular weight is 430 g/mol. The lowest BCUT2D eigenvalue weighted by Crippen LogP contribution is -2.20. The second kappa shape index (κ2) is 8.55. The largest absolute Gasteiger partial charge is 0.323 e. The third kappa shape index (κ3) is 5.07. The monoisotopic (exact) mass is 429 g/mol.